The highest BCUT2D eigenvalue weighted by Crippen LogP contribution is 2.23. The summed E-state index contributed by atoms with van der Waals surface area (Å²) >= 11 is 0. The maximum absolute atomic E-state index is 13.5. The van der Waals surface area contributed by atoms with Crippen molar-refractivity contribution >= 4 is 0 Å². The van der Waals surface area contributed by atoms with Crippen LogP contribution in [0.3, 0.4) is 0 Å². The molecular weight excluding hydrogens is 186 g/mol. The minimum absolute atomic E-state index is 0.0598. The van der Waals surface area contributed by atoms with E-state index in [4.69, 9.17) is 11.5 Å². The fourth-order valence-electron chi connectivity index (χ4n) is 1.34. The first-order valence-electron chi connectivity index (χ1n) is 4.48. The van der Waals surface area contributed by atoms with Crippen LogP contribution in [0.2, 0.25) is 0 Å². The third kappa shape index (κ3) is 2.08. The average molecular weight is 200 g/mol. The topological polar surface area (TPSA) is 52.0 Å². The van der Waals surface area contributed by atoms with Gasteiger partial charge in [0.05, 0.1) is 0 Å². The highest BCUT2D eigenvalue weighted by atomic mass is 19.1. The molecule has 0 saturated carbocycles. The molecule has 1 atom stereocenters. The van der Waals surface area contributed by atoms with E-state index in [1.54, 1.807) is 6.92 Å². The molecule has 0 fully saturated rings. The van der Waals surface area contributed by atoms with Gasteiger partial charge in [0.2, 0.25) is 0 Å². The lowest BCUT2D eigenvalue weighted by Gasteiger charge is -2.13. The number of halogens is 2. The van der Waals surface area contributed by atoms with Gasteiger partial charge in [0.1, 0.15) is 11.6 Å². The summed E-state index contributed by atoms with van der Waals surface area (Å²) in [5, 5.41) is 0. The molecule has 1 rings (SSSR count). The molecule has 0 spiro atoms. The van der Waals surface area contributed by atoms with E-state index in [9.17, 15) is 8.78 Å². The number of nitrogens with two attached hydrogens (primary N) is 2. The monoisotopic (exact) mass is 200 g/mol. The molecule has 1 unspecified atom stereocenters. The Hall–Kier alpha value is -1.00. The van der Waals surface area contributed by atoms with Crippen molar-refractivity contribution in [3.63, 3.8) is 0 Å². The molecule has 2 nitrogen and oxygen atoms in total. The third-order valence-corrected chi connectivity index (χ3v) is 2.17. The van der Waals surface area contributed by atoms with Crippen molar-refractivity contribution in [2.24, 2.45) is 11.5 Å². The molecule has 4 heteroatoms. The Labute approximate surface area is 81.9 Å². The van der Waals surface area contributed by atoms with Crippen LogP contribution in [0.4, 0.5) is 8.78 Å². The van der Waals surface area contributed by atoms with E-state index >= 15 is 0 Å². The number of rotatable bonds is 3. The second-order valence-electron chi connectivity index (χ2n) is 3.28. The van der Waals surface area contributed by atoms with E-state index in [-0.39, 0.29) is 5.56 Å². The molecule has 0 radical (unpaired) electrons. The zero-order valence-electron chi connectivity index (χ0n) is 8.06. The van der Waals surface area contributed by atoms with Crippen molar-refractivity contribution in [1.82, 2.24) is 0 Å². The van der Waals surface area contributed by atoms with Gasteiger partial charge in [-0.1, -0.05) is 6.07 Å². The van der Waals surface area contributed by atoms with Crippen molar-refractivity contribution in [3.05, 3.63) is 34.9 Å². The molecule has 78 valence electrons. The van der Waals surface area contributed by atoms with Crippen molar-refractivity contribution in [1.29, 1.82) is 0 Å². The molecule has 0 aliphatic rings. The predicted octanol–water partition coefficient (Wildman–Crippen LogP) is 1.62. The van der Waals surface area contributed by atoms with Crippen molar-refractivity contribution in [3.8, 4) is 0 Å². The van der Waals surface area contributed by atoms with Gasteiger partial charge in [0.25, 0.3) is 0 Å². The van der Waals surface area contributed by atoms with Crippen LogP contribution in [0.15, 0.2) is 12.1 Å². The molecule has 4 N–H and O–H groups in total. The van der Waals surface area contributed by atoms with Crippen LogP contribution >= 0.6 is 0 Å². The molecular formula is C10H14F2N2. The summed E-state index contributed by atoms with van der Waals surface area (Å²) in [5.41, 5.74) is 11.2. The number of hydrogen-bond acceptors (Lipinski definition) is 2. The Bertz CT molecular complexity index is 326. The Morgan fingerprint density at radius 1 is 1.36 bits per heavy atom. The Kier molecular flexibility index (Phi) is 3.55. The first kappa shape index (κ1) is 11.1. The van der Waals surface area contributed by atoms with Crippen LogP contribution < -0.4 is 11.5 Å². The summed E-state index contributed by atoms with van der Waals surface area (Å²) in [6.07, 6.45) is 0.372. The third-order valence-electron chi connectivity index (χ3n) is 2.17. The first-order valence-corrected chi connectivity index (χ1v) is 4.48. The molecule has 0 aliphatic carbocycles. The predicted molar refractivity (Wildman–Crippen MR) is 51.7 cm³/mol. The SMILES string of the molecule is Cc1ccc(F)c(C(N)CCN)c1F. The molecule has 0 bridgehead atoms. The molecule has 1 aromatic rings. The fraction of sp³-hybridized carbons (Fsp3) is 0.400. The number of hydrogen-bond donors (Lipinski definition) is 2. The van der Waals surface area contributed by atoms with Crippen LogP contribution in [0.5, 0.6) is 0 Å². The maximum atomic E-state index is 13.5. The zero-order chi connectivity index (χ0) is 10.7. The van der Waals surface area contributed by atoms with Crippen molar-refractivity contribution in [2.45, 2.75) is 19.4 Å². The molecule has 14 heavy (non-hydrogen) atoms. The van der Waals surface area contributed by atoms with Crippen LogP contribution in [0, 0.1) is 18.6 Å². The van der Waals surface area contributed by atoms with E-state index in [0.29, 0.717) is 18.5 Å². The lowest BCUT2D eigenvalue weighted by Crippen LogP contribution is -2.18. The van der Waals surface area contributed by atoms with Gasteiger partial charge in [-0.25, -0.2) is 8.78 Å². The molecule has 1 aromatic carbocycles. The summed E-state index contributed by atoms with van der Waals surface area (Å²) in [5.74, 6) is -1.17. The summed E-state index contributed by atoms with van der Waals surface area (Å²) in [6.45, 7) is 1.89. The zero-order valence-corrected chi connectivity index (χ0v) is 8.06. The van der Waals surface area contributed by atoms with Gasteiger partial charge in [-0.3, -0.25) is 0 Å². The standard InChI is InChI=1S/C10H14F2N2/c1-6-2-3-7(11)9(10(6)12)8(14)4-5-13/h2-3,8H,4-5,13-14H2,1H3. The van der Waals surface area contributed by atoms with Crippen LogP contribution in [0.25, 0.3) is 0 Å². The quantitative estimate of drug-likeness (QED) is 0.779. The Morgan fingerprint density at radius 3 is 2.57 bits per heavy atom. The lowest BCUT2D eigenvalue weighted by atomic mass is 10.0. The van der Waals surface area contributed by atoms with Gasteiger partial charge in [-0.2, -0.15) is 0 Å². The van der Waals surface area contributed by atoms with Gasteiger partial charge in [-0.15, -0.1) is 0 Å². The van der Waals surface area contributed by atoms with Crippen LogP contribution in [-0.4, -0.2) is 6.54 Å². The summed E-state index contributed by atoms with van der Waals surface area (Å²) in [6, 6.07) is 1.95. The van der Waals surface area contributed by atoms with Gasteiger partial charge in [0.15, 0.2) is 0 Å². The molecule has 0 heterocycles. The normalized spacial score (nSPS) is 12.9. The highest BCUT2D eigenvalue weighted by Gasteiger charge is 2.17. The van der Waals surface area contributed by atoms with E-state index in [0.717, 1.165) is 0 Å². The Morgan fingerprint density at radius 2 is 2.00 bits per heavy atom. The van der Waals surface area contributed by atoms with E-state index in [1.807, 2.05) is 0 Å². The van der Waals surface area contributed by atoms with Gasteiger partial charge in [0, 0.05) is 11.6 Å². The van der Waals surface area contributed by atoms with Crippen LogP contribution in [-0.2, 0) is 0 Å². The van der Waals surface area contributed by atoms with Gasteiger partial charge >= 0.3 is 0 Å². The van der Waals surface area contributed by atoms with Crippen molar-refractivity contribution in [2.75, 3.05) is 6.54 Å². The minimum atomic E-state index is -0.667. The molecule has 0 saturated heterocycles. The summed E-state index contributed by atoms with van der Waals surface area (Å²) in [4.78, 5) is 0. The second-order valence-corrected chi connectivity index (χ2v) is 3.28. The molecule has 0 amide bonds. The number of aryl methyl sites for hydroxylation is 1. The van der Waals surface area contributed by atoms with Crippen LogP contribution in [0.1, 0.15) is 23.6 Å². The first-order chi connectivity index (χ1) is 6.57. The van der Waals surface area contributed by atoms with Gasteiger partial charge in [-0.05, 0) is 31.5 Å². The fourth-order valence-corrected chi connectivity index (χ4v) is 1.34. The van der Waals surface area contributed by atoms with E-state index in [2.05, 4.69) is 0 Å². The van der Waals surface area contributed by atoms with E-state index < -0.39 is 17.7 Å². The van der Waals surface area contributed by atoms with Gasteiger partial charge < -0.3 is 11.5 Å². The molecule has 0 aliphatic heterocycles. The second kappa shape index (κ2) is 4.48. The average Bonchev–Trinajstić information content (AvgIpc) is 2.13. The summed E-state index contributed by atoms with van der Waals surface area (Å²) < 4.78 is 26.7. The number of benzene rings is 1. The maximum Gasteiger partial charge on any atom is 0.133 e. The van der Waals surface area contributed by atoms with Crippen molar-refractivity contribution < 1.29 is 8.78 Å². The van der Waals surface area contributed by atoms with E-state index in [1.165, 1.54) is 12.1 Å². The minimum Gasteiger partial charge on any atom is -0.330 e. The lowest BCUT2D eigenvalue weighted by molar-refractivity contribution is 0.511. The Balaban J connectivity index is 3.11. The smallest absolute Gasteiger partial charge is 0.133 e. The molecule has 0 aromatic heterocycles. The summed E-state index contributed by atoms with van der Waals surface area (Å²) in [7, 11) is 0. The highest BCUT2D eigenvalue weighted by molar-refractivity contribution is 5.28. The largest absolute Gasteiger partial charge is 0.330 e.